The van der Waals surface area contributed by atoms with Crippen molar-refractivity contribution in [3.63, 3.8) is 0 Å². The predicted octanol–water partition coefficient (Wildman–Crippen LogP) is 2.33. The second kappa shape index (κ2) is 8.21. The summed E-state index contributed by atoms with van der Waals surface area (Å²) in [6.07, 6.45) is 1.38. The molecule has 0 aromatic carbocycles. The van der Waals surface area contributed by atoms with E-state index in [0.29, 0.717) is 6.10 Å². The minimum absolute atomic E-state index is 0.363. The van der Waals surface area contributed by atoms with Gasteiger partial charge in [0.1, 0.15) is 6.10 Å². The Labute approximate surface area is 106 Å². The van der Waals surface area contributed by atoms with Crippen LogP contribution in [0.3, 0.4) is 0 Å². The highest BCUT2D eigenvalue weighted by Gasteiger charge is 2.34. The molecule has 1 aliphatic heterocycles. The lowest BCUT2D eigenvalue weighted by molar-refractivity contribution is 0.113. The standard InChI is InChI=1S/C12H26O4Si/c1-4-15-17(6-3,16-5-2)9-7-8-13-10-12-11-14-12/h12H,4-11H2,1-3H3. The lowest BCUT2D eigenvalue weighted by atomic mass is 10.5. The van der Waals surface area contributed by atoms with Crippen molar-refractivity contribution in [1.82, 2.24) is 0 Å². The SMILES string of the molecule is CCO[Si](CC)(CCCOCC1CO1)OCC. The Morgan fingerprint density at radius 1 is 1.18 bits per heavy atom. The van der Waals surface area contributed by atoms with E-state index in [1.807, 2.05) is 13.8 Å². The van der Waals surface area contributed by atoms with Crippen LogP contribution in [0.5, 0.6) is 0 Å². The Bertz CT molecular complexity index is 191. The fourth-order valence-corrected chi connectivity index (χ4v) is 4.78. The minimum atomic E-state index is -1.94. The first-order valence-corrected chi connectivity index (χ1v) is 8.96. The first-order valence-electron chi connectivity index (χ1n) is 6.73. The van der Waals surface area contributed by atoms with Crippen molar-refractivity contribution in [2.45, 2.75) is 45.4 Å². The lowest BCUT2D eigenvalue weighted by Gasteiger charge is -2.28. The number of epoxide rings is 1. The topological polar surface area (TPSA) is 40.2 Å². The van der Waals surface area contributed by atoms with Gasteiger partial charge in [-0.3, -0.25) is 0 Å². The summed E-state index contributed by atoms with van der Waals surface area (Å²) < 4.78 is 22.4. The van der Waals surface area contributed by atoms with Gasteiger partial charge in [0.25, 0.3) is 0 Å². The number of ether oxygens (including phenoxy) is 2. The quantitative estimate of drug-likeness (QED) is 0.325. The van der Waals surface area contributed by atoms with Crippen molar-refractivity contribution < 1.29 is 18.3 Å². The molecule has 0 radical (unpaired) electrons. The van der Waals surface area contributed by atoms with Gasteiger partial charge < -0.3 is 18.3 Å². The summed E-state index contributed by atoms with van der Waals surface area (Å²) in [4.78, 5) is 0. The van der Waals surface area contributed by atoms with E-state index in [-0.39, 0.29) is 0 Å². The molecule has 1 heterocycles. The van der Waals surface area contributed by atoms with E-state index >= 15 is 0 Å². The number of hydrogen-bond donors (Lipinski definition) is 0. The van der Waals surface area contributed by atoms with Crippen LogP contribution in [0.1, 0.15) is 27.2 Å². The molecule has 1 fully saturated rings. The Morgan fingerprint density at radius 3 is 2.29 bits per heavy atom. The molecule has 0 aromatic rings. The van der Waals surface area contributed by atoms with E-state index in [1.165, 1.54) is 0 Å². The van der Waals surface area contributed by atoms with E-state index in [0.717, 1.165) is 51.5 Å². The van der Waals surface area contributed by atoms with Gasteiger partial charge in [-0.1, -0.05) is 6.92 Å². The van der Waals surface area contributed by atoms with Crippen LogP contribution in [0.25, 0.3) is 0 Å². The van der Waals surface area contributed by atoms with Crippen LogP contribution in [0.4, 0.5) is 0 Å². The van der Waals surface area contributed by atoms with Crippen LogP contribution in [0, 0.1) is 0 Å². The third-order valence-corrected chi connectivity index (χ3v) is 6.73. The van der Waals surface area contributed by atoms with Gasteiger partial charge in [-0.05, 0) is 32.4 Å². The summed E-state index contributed by atoms with van der Waals surface area (Å²) in [5, 5.41) is 0. The average molecular weight is 262 g/mol. The van der Waals surface area contributed by atoms with Crippen molar-refractivity contribution in [2.75, 3.05) is 33.0 Å². The van der Waals surface area contributed by atoms with Crippen LogP contribution in [-0.4, -0.2) is 47.7 Å². The zero-order chi connectivity index (χ0) is 12.6. The van der Waals surface area contributed by atoms with Gasteiger partial charge in [0.2, 0.25) is 0 Å². The Balaban J connectivity index is 2.16. The monoisotopic (exact) mass is 262 g/mol. The molecule has 0 saturated carbocycles. The highest BCUT2D eigenvalue weighted by Crippen LogP contribution is 2.21. The molecule has 1 saturated heterocycles. The van der Waals surface area contributed by atoms with Gasteiger partial charge in [0.15, 0.2) is 0 Å². The van der Waals surface area contributed by atoms with Crippen molar-refractivity contribution >= 4 is 8.56 Å². The van der Waals surface area contributed by atoms with E-state index < -0.39 is 8.56 Å². The van der Waals surface area contributed by atoms with Crippen LogP contribution >= 0.6 is 0 Å². The third-order valence-electron chi connectivity index (χ3n) is 2.91. The smallest absolute Gasteiger partial charge is 0.337 e. The molecule has 1 rings (SSSR count). The zero-order valence-corrected chi connectivity index (χ0v) is 12.4. The van der Waals surface area contributed by atoms with E-state index in [9.17, 15) is 0 Å². The summed E-state index contributed by atoms with van der Waals surface area (Å²) >= 11 is 0. The molecule has 0 amide bonds. The average Bonchev–Trinajstić information content (AvgIpc) is 3.13. The molecular formula is C12H26O4Si. The summed E-state index contributed by atoms with van der Waals surface area (Å²) in [5.74, 6) is 0. The highest BCUT2D eigenvalue weighted by atomic mass is 28.4. The molecule has 0 bridgehead atoms. The fraction of sp³-hybridized carbons (Fsp3) is 1.00. The normalized spacial score (nSPS) is 19.6. The lowest BCUT2D eigenvalue weighted by Crippen LogP contribution is -2.41. The van der Waals surface area contributed by atoms with Gasteiger partial charge in [-0.15, -0.1) is 0 Å². The molecule has 1 unspecified atom stereocenters. The van der Waals surface area contributed by atoms with Crippen LogP contribution in [0.2, 0.25) is 12.1 Å². The van der Waals surface area contributed by atoms with Gasteiger partial charge in [-0.25, -0.2) is 0 Å². The first kappa shape index (κ1) is 15.1. The molecule has 0 N–H and O–H groups in total. The van der Waals surface area contributed by atoms with Crippen molar-refractivity contribution in [1.29, 1.82) is 0 Å². The Kier molecular flexibility index (Phi) is 7.30. The van der Waals surface area contributed by atoms with E-state index in [1.54, 1.807) is 0 Å². The predicted molar refractivity (Wildman–Crippen MR) is 69.5 cm³/mol. The summed E-state index contributed by atoms with van der Waals surface area (Å²) in [6, 6.07) is 2.04. The minimum Gasteiger partial charge on any atom is -0.394 e. The highest BCUT2D eigenvalue weighted by molar-refractivity contribution is 6.67. The largest absolute Gasteiger partial charge is 0.394 e. The van der Waals surface area contributed by atoms with Gasteiger partial charge in [0.05, 0.1) is 13.2 Å². The maximum atomic E-state index is 5.90. The molecule has 17 heavy (non-hydrogen) atoms. The first-order chi connectivity index (χ1) is 8.26. The second-order valence-electron chi connectivity index (χ2n) is 4.26. The van der Waals surface area contributed by atoms with Crippen molar-refractivity contribution in [3.05, 3.63) is 0 Å². The zero-order valence-electron chi connectivity index (χ0n) is 11.4. The second-order valence-corrected chi connectivity index (χ2v) is 7.87. The maximum absolute atomic E-state index is 5.90. The van der Waals surface area contributed by atoms with E-state index in [4.69, 9.17) is 18.3 Å². The van der Waals surface area contributed by atoms with Crippen molar-refractivity contribution in [3.8, 4) is 0 Å². The molecule has 0 spiro atoms. The summed E-state index contributed by atoms with van der Waals surface area (Å²) in [5.41, 5.74) is 0. The Hall–Kier alpha value is 0.0569. The third kappa shape index (κ3) is 5.97. The molecule has 1 aliphatic rings. The van der Waals surface area contributed by atoms with Crippen LogP contribution in [0.15, 0.2) is 0 Å². The molecule has 5 heteroatoms. The number of rotatable bonds is 11. The molecule has 4 nitrogen and oxygen atoms in total. The van der Waals surface area contributed by atoms with Gasteiger partial charge in [0, 0.05) is 19.8 Å². The van der Waals surface area contributed by atoms with E-state index in [2.05, 4.69) is 6.92 Å². The maximum Gasteiger partial charge on any atom is 0.337 e. The molecular weight excluding hydrogens is 236 g/mol. The van der Waals surface area contributed by atoms with Gasteiger partial charge in [-0.2, -0.15) is 0 Å². The molecule has 1 atom stereocenters. The number of hydrogen-bond acceptors (Lipinski definition) is 4. The van der Waals surface area contributed by atoms with Crippen molar-refractivity contribution in [2.24, 2.45) is 0 Å². The molecule has 0 aromatic heterocycles. The van der Waals surface area contributed by atoms with Crippen LogP contribution < -0.4 is 0 Å². The van der Waals surface area contributed by atoms with Gasteiger partial charge >= 0.3 is 8.56 Å². The van der Waals surface area contributed by atoms with Crippen LogP contribution in [-0.2, 0) is 18.3 Å². The molecule has 102 valence electrons. The summed E-state index contributed by atoms with van der Waals surface area (Å²) in [6.45, 7) is 10.1. The summed E-state index contributed by atoms with van der Waals surface area (Å²) in [7, 11) is -1.94. The fourth-order valence-electron chi connectivity index (χ4n) is 1.92. The Morgan fingerprint density at radius 2 is 1.82 bits per heavy atom. The molecule has 0 aliphatic carbocycles.